The van der Waals surface area contributed by atoms with Crippen molar-refractivity contribution in [2.45, 2.75) is 53.5 Å². The van der Waals surface area contributed by atoms with Crippen molar-refractivity contribution < 1.29 is 4.79 Å². The van der Waals surface area contributed by atoms with Gasteiger partial charge in [-0.1, -0.05) is 41.5 Å². The van der Waals surface area contributed by atoms with Crippen LogP contribution >= 0.6 is 0 Å². The first-order chi connectivity index (χ1) is 8.12. The first-order valence-corrected chi connectivity index (χ1v) is 6.20. The van der Waals surface area contributed by atoms with E-state index in [4.69, 9.17) is 0 Å². The molecule has 0 unspecified atom stereocenters. The Morgan fingerprint density at radius 3 is 2.33 bits per heavy atom. The van der Waals surface area contributed by atoms with Crippen molar-refractivity contribution in [3.05, 3.63) is 23.8 Å². The molecule has 0 atom stereocenters. The van der Waals surface area contributed by atoms with Crippen LogP contribution in [0.1, 0.15) is 52.8 Å². The SMILES string of the molecule is CC(C)(C)C(=O)NCc1cncnc1C(C)(C)C. The van der Waals surface area contributed by atoms with Gasteiger partial charge >= 0.3 is 0 Å². The van der Waals surface area contributed by atoms with E-state index in [0.29, 0.717) is 6.54 Å². The van der Waals surface area contributed by atoms with Gasteiger partial charge in [-0.15, -0.1) is 0 Å². The van der Waals surface area contributed by atoms with Crippen LogP contribution in [0.5, 0.6) is 0 Å². The summed E-state index contributed by atoms with van der Waals surface area (Å²) >= 11 is 0. The maximum absolute atomic E-state index is 11.8. The third-order valence-electron chi connectivity index (χ3n) is 2.62. The molecule has 1 rings (SSSR count). The summed E-state index contributed by atoms with van der Waals surface area (Å²) in [6.07, 6.45) is 3.33. The molecule has 4 heteroatoms. The van der Waals surface area contributed by atoms with E-state index in [0.717, 1.165) is 11.3 Å². The molecule has 100 valence electrons. The Hall–Kier alpha value is -1.45. The lowest BCUT2D eigenvalue weighted by Gasteiger charge is -2.22. The first-order valence-electron chi connectivity index (χ1n) is 6.20. The highest BCUT2D eigenvalue weighted by Crippen LogP contribution is 2.23. The molecule has 0 bridgehead atoms. The Balaban J connectivity index is 2.84. The van der Waals surface area contributed by atoms with Crippen LogP contribution in [0.4, 0.5) is 0 Å². The monoisotopic (exact) mass is 249 g/mol. The van der Waals surface area contributed by atoms with Crippen molar-refractivity contribution in [3.63, 3.8) is 0 Å². The fourth-order valence-corrected chi connectivity index (χ4v) is 1.60. The molecule has 0 spiro atoms. The molecule has 0 radical (unpaired) electrons. The molecule has 18 heavy (non-hydrogen) atoms. The van der Waals surface area contributed by atoms with Gasteiger partial charge < -0.3 is 5.32 Å². The highest BCUT2D eigenvalue weighted by Gasteiger charge is 2.23. The lowest BCUT2D eigenvalue weighted by Crippen LogP contribution is -2.35. The van der Waals surface area contributed by atoms with Gasteiger partial charge in [-0.3, -0.25) is 4.79 Å². The second kappa shape index (κ2) is 5.04. The lowest BCUT2D eigenvalue weighted by atomic mass is 9.88. The Labute approximate surface area is 109 Å². The van der Waals surface area contributed by atoms with Gasteiger partial charge in [-0.25, -0.2) is 9.97 Å². The van der Waals surface area contributed by atoms with Crippen molar-refractivity contribution in [1.82, 2.24) is 15.3 Å². The predicted octanol–water partition coefficient (Wildman–Crippen LogP) is 2.44. The van der Waals surface area contributed by atoms with Gasteiger partial charge in [0.05, 0.1) is 5.69 Å². The van der Waals surface area contributed by atoms with Crippen LogP contribution in [0.15, 0.2) is 12.5 Å². The van der Waals surface area contributed by atoms with Gasteiger partial charge in [-0.05, 0) is 0 Å². The molecule has 1 heterocycles. The van der Waals surface area contributed by atoms with E-state index in [1.807, 2.05) is 20.8 Å². The number of carbonyl (C=O) groups excluding carboxylic acids is 1. The summed E-state index contributed by atoms with van der Waals surface area (Å²) in [5, 5.41) is 2.93. The number of carbonyl (C=O) groups is 1. The average Bonchev–Trinajstić information content (AvgIpc) is 2.23. The summed E-state index contributed by atoms with van der Waals surface area (Å²) in [5.41, 5.74) is 1.52. The van der Waals surface area contributed by atoms with E-state index in [2.05, 4.69) is 36.1 Å². The zero-order chi connectivity index (χ0) is 14.0. The summed E-state index contributed by atoms with van der Waals surface area (Å²) in [6.45, 7) is 12.5. The van der Waals surface area contributed by atoms with Crippen LogP contribution < -0.4 is 5.32 Å². The van der Waals surface area contributed by atoms with E-state index in [9.17, 15) is 4.79 Å². The molecule has 1 aromatic heterocycles. The highest BCUT2D eigenvalue weighted by atomic mass is 16.2. The quantitative estimate of drug-likeness (QED) is 0.876. The van der Waals surface area contributed by atoms with Crippen molar-refractivity contribution in [3.8, 4) is 0 Å². The van der Waals surface area contributed by atoms with E-state index < -0.39 is 0 Å². The van der Waals surface area contributed by atoms with Crippen LogP contribution in [0.3, 0.4) is 0 Å². The molecular weight excluding hydrogens is 226 g/mol. The molecule has 1 aromatic rings. The molecule has 0 aliphatic heterocycles. The summed E-state index contributed by atoms with van der Waals surface area (Å²) in [7, 11) is 0. The topological polar surface area (TPSA) is 54.9 Å². The largest absolute Gasteiger partial charge is 0.351 e. The first kappa shape index (κ1) is 14.6. The number of aromatic nitrogens is 2. The minimum absolute atomic E-state index is 0.0335. The van der Waals surface area contributed by atoms with Gasteiger partial charge in [-0.2, -0.15) is 0 Å². The Morgan fingerprint density at radius 1 is 1.22 bits per heavy atom. The van der Waals surface area contributed by atoms with E-state index in [1.165, 1.54) is 0 Å². The van der Waals surface area contributed by atoms with Gasteiger partial charge in [0.2, 0.25) is 5.91 Å². The van der Waals surface area contributed by atoms with E-state index in [1.54, 1.807) is 12.5 Å². The van der Waals surface area contributed by atoms with Gasteiger partial charge in [0.1, 0.15) is 6.33 Å². The summed E-state index contributed by atoms with van der Waals surface area (Å²) < 4.78 is 0. The zero-order valence-corrected chi connectivity index (χ0v) is 12.2. The fraction of sp³-hybridized carbons (Fsp3) is 0.643. The normalized spacial score (nSPS) is 12.3. The minimum Gasteiger partial charge on any atom is -0.351 e. The van der Waals surface area contributed by atoms with Crippen molar-refractivity contribution in [1.29, 1.82) is 0 Å². The number of nitrogens with zero attached hydrogens (tertiary/aromatic N) is 2. The minimum atomic E-state index is -0.377. The molecule has 4 nitrogen and oxygen atoms in total. The molecule has 0 saturated heterocycles. The average molecular weight is 249 g/mol. The maximum Gasteiger partial charge on any atom is 0.225 e. The molecule has 0 aliphatic carbocycles. The maximum atomic E-state index is 11.8. The van der Waals surface area contributed by atoms with Crippen molar-refractivity contribution in [2.75, 3.05) is 0 Å². The molecule has 0 fully saturated rings. The third kappa shape index (κ3) is 3.79. The van der Waals surface area contributed by atoms with E-state index in [-0.39, 0.29) is 16.7 Å². The van der Waals surface area contributed by atoms with Gasteiger partial charge in [0.25, 0.3) is 0 Å². The number of hydrogen-bond donors (Lipinski definition) is 1. The summed E-state index contributed by atoms with van der Waals surface area (Å²) in [4.78, 5) is 20.2. The second-order valence-corrected chi connectivity index (χ2v) is 6.58. The van der Waals surface area contributed by atoms with E-state index >= 15 is 0 Å². The number of nitrogens with one attached hydrogen (secondary N) is 1. The van der Waals surface area contributed by atoms with Crippen LogP contribution in [0, 0.1) is 5.41 Å². The van der Waals surface area contributed by atoms with Gasteiger partial charge in [0, 0.05) is 29.1 Å². The van der Waals surface area contributed by atoms with Gasteiger partial charge in [0.15, 0.2) is 0 Å². The Bertz CT molecular complexity index is 427. The van der Waals surface area contributed by atoms with Crippen LogP contribution in [0.25, 0.3) is 0 Å². The van der Waals surface area contributed by atoms with Crippen LogP contribution in [-0.2, 0) is 16.8 Å². The molecule has 1 N–H and O–H groups in total. The molecular formula is C14H23N3O. The molecule has 0 aliphatic rings. The highest BCUT2D eigenvalue weighted by molar-refractivity contribution is 5.81. The Morgan fingerprint density at radius 2 is 1.83 bits per heavy atom. The molecule has 1 amide bonds. The number of hydrogen-bond acceptors (Lipinski definition) is 3. The van der Waals surface area contributed by atoms with Crippen molar-refractivity contribution >= 4 is 5.91 Å². The lowest BCUT2D eigenvalue weighted by molar-refractivity contribution is -0.128. The molecule has 0 aromatic carbocycles. The van der Waals surface area contributed by atoms with Crippen LogP contribution in [-0.4, -0.2) is 15.9 Å². The summed E-state index contributed by atoms with van der Waals surface area (Å²) in [6, 6.07) is 0. The second-order valence-electron chi connectivity index (χ2n) is 6.58. The summed E-state index contributed by atoms with van der Waals surface area (Å²) in [5.74, 6) is 0.0335. The Kier molecular flexibility index (Phi) is 4.09. The predicted molar refractivity (Wildman–Crippen MR) is 72.0 cm³/mol. The number of amides is 1. The fourth-order valence-electron chi connectivity index (χ4n) is 1.60. The van der Waals surface area contributed by atoms with Crippen LogP contribution in [0.2, 0.25) is 0 Å². The zero-order valence-electron chi connectivity index (χ0n) is 12.2. The number of rotatable bonds is 2. The standard InChI is InChI=1S/C14H23N3O/c1-13(2,3)11-10(7-15-9-17-11)8-16-12(18)14(4,5)6/h7,9H,8H2,1-6H3,(H,16,18). The van der Waals surface area contributed by atoms with Crippen molar-refractivity contribution in [2.24, 2.45) is 5.41 Å². The third-order valence-corrected chi connectivity index (χ3v) is 2.62. The molecule has 0 saturated carbocycles. The smallest absolute Gasteiger partial charge is 0.225 e.